The minimum atomic E-state index is -0.137. The molecule has 1 atom stereocenters. The molecule has 2 rings (SSSR count). The van der Waals surface area contributed by atoms with E-state index in [-0.39, 0.29) is 6.04 Å². The van der Waals surface area contributed by atoms with Gasteiger partial charge >= 0.3 is 0 Å². The van der Waals surface area contributed by atoms with Crippen molar-refractivity contribution in [2.45, 2.75) is 6.04 Å². The molecule has 1 unspecified atom stereocenters. The zero-order chi connectivity index (χ0) is 9.97. The van der Waals surface area contributed by atoms with Crippen molar-refractivity contribution in [2.24, 2.45) is 12.9 Å². The van der Waals surface area contributed by atoms with Gasteiger partial charge in [-0.3, -0.25) is 10.5 Å². The van der Waals surface area contributed by atoms with Crippen LogP contribution in [0.2, 0.25) is 0 Å². The van der Waals surface area contributed by atoms with E-state index in [9.17, 15) is 0 Å². The van der Waals surface area contributed by atoms with Gasteiger partial charge in [-0.15, -0.1) is 5.10 Å². The van der Waals surface area contributed by atoms with Crippen LogP contribution in [0.1, 0.15) is 17.3 Å². The van der Waals surface area contributed by atoms with E-state index in [1.165, 1.54) is 11.5 Å². The lowest BCUT2D eigenvalue weighted by atomic mass is 10.1. The van der Waals surface area contributed by atoms with Gasteiger partial charge in [-0.2, -0.15) is 5.10 Å². The van der Waals surface area contributed by atoms with E-state index in [1.807, 2.05) is 18.6 Å². The van der Waals surface area contributed by atoms with E-state index >= 15 is 0 Å². The summed E-state index contributed by atoms with van der Waals surface area (Å²) in [6.07, 6.45) is 3.65. The molecule has 0 bridgehead atoms. The molecule has 2 aromatic heterocycles. The van der Waals surface area contributed by atoms with Crippen molar-refractivity contribution in [1.82, 2.24) is 24.8 Å². The predicted octanol–water partition coefficient (Wildman–Crippen LogP) is -0.176. The lowest BCUT2D eigenvalue weighted by Crippen LogP contribution is -2.28. The van der Waals surface area contributed by atoms with Crippen LogP contribution in [0.4, 0.5) is 0 Å². The molecule has 0 aliphatic carbocycles. The molecule has 7 heteroatoms. The third kappa shape index (κ3) is 1.65. The van der Waals surface area contributed by atoms with Crippen LogP contribution in [0.3, 0.4) is 0 Å². The molecule has 0 saturated heterocycles. The molecule has 0 saturated carbocycles. The lowest BCUT2D eigenvalue weighted by Gasteiger charge is -2.09. The summed E-state index contributed by atoms with van der Waals surface area (Å²) in [4.78, 5) is 0. The maximum atomic E-state index is 5.46. The number of aryl methyl sites for hydroxylation is 1. The first-order valence-corrected chi connectivity index (χ1v) is 4.86. The number of nitrogens with one attached hydrogen (secondary N) is 1. The molecule has 3 N–H and O–H groups in total. The number of hydrogen-bond acceptors (Lipinski definition) is 6. The summed E-state index contributed by atoms with van der Waals surface area (Å²) in [6.45, 7) is 0. The Labute approximate surface area is 84.9 Å². The van der Waals surface area contributed by atoms with Gasteiger partial charge in [0, 0.05) is 24.2 Å². The highest BCUT2D eigenvalue weighted by Crippen LogP contribution is 2.18. The largest absolute Gasteiger partial charge is 0.275 e. The van der Waals surface area contributed by atoms with Crippen LogP contribution in [0.25, 0.3) is 0 Å². The fourth-order valence-electron chi connectivity index (χ4n) is 1.24. The van der Waals surface area contributed by atoms with Crippen LogP contribution in [0.5, 0.6) is 0 Å². The Kier molecular flexibility index (Phi) is 2.53. The zero-order valence-electron chi connectivity index (χ0n) is 7.58. The maximum Gasteiger partial charge on any atom is 0.0984 e. The SMILES string of the molecule is Cn1cc(C(NN)c2csnn2)cn1. The van der Waals surface area contributed by atoms with E-state index in [1.54, 1.807) is 10.9 Å². The summed E-state index contributed by atoms with van der Waals surface area (Å²) in [6, 6.07) is -0.137. The van der Waals surface area contributed by atoms with Crippen molar-refractivity contribution in [3.05, 3.63) is 29.0 Å². The van der Waals surface area contributed by atoms with Crippen LogP contribution in [-0.2, 0) is 7.05 Å². The van der Waals surface area contributed by atoms with Gasteiger partial charge in [-0.25, -0.2) is 5.43 Å². The van der Waals surface area contributed by atoms with Crippen molar-refractivity contribution < 1.29 is 0 Å². The second-order valence-electron chi connectivity index (χ2n) is 2.88. The molecule has 14 heavy (non-hydrogen) atoms. The second-order valence-corrected chi connectivity index (χ2v) is 3.49. The van der Waals surface area contributed by atoms with E-state index < -0.39 is 0 Å². The number of rotatable bonds is 3. The summed E-state index contributed by atoms with van der Waals surface area (Å²) >= 11 is 1.30. The first kappa shape index (κ1) is 9.25. The minimum absolute atomic E-state index is 0.137. The molecule has 2 heterocycles. The van der Waals surface area contributed by atoms with E-state index in [4.69, 9.17) is 5.84 Å². The average molecular weight is 210 g/mol. The Morgan fingerprint density at radius 3 is 3.00 bits per heavy atom. The average Bonchev–Trinajstić information content (AvgIpc) is 2.79. The van der Waals surface area contributed by atoms with E-state index in [0.717, 1.165) is 11.3 Å². The lowest BCUT2D eigenvalue weighted by molar-refractivity contribution is 0.618. The van der Waals surface area contributed by atoms with Crippen LogP contribution in [0, 0.1) is 0 Å². The van der Waals surface area contributed by atoms with Crippen molar-refractivity contribution >= 4 is 11.5 Å². The highest BCUT2D eigenvalue weighted by Gasteiger charge is 2.16. The Morgan fingerprint density at radius 2 is 2.50 bits per heavy atom. The number of hydrazine groups is 1. The number of nitrogens with zero attached hydrogens (tertiary/aromatic N) is 4. The van der Waals surface area contributed by atoms with Gasteiger partial charge in [0.15, 0.2) is 0 Å². The third-order valence-electron chi connectivity index (χ3n) is 1.90. The molecular weight excluding hydrogens is 200 g/mol. The highest BCUT2D eigenvalue weighted by molar-refractivity contribution is 7.03. The Bertz CT molecular complexity index is 394. The van der Waals surface area contributed by atoms with Gasteiger partial charge in [-0.05, 0) is 11.5 Å². The fraction of sp³-hybridized carbons (Fsp3) is 0.286. The van der Waals surface area contributed by atoms with Gasteiger partial charge < -0.3 is 0 Å². The minimum Gasteiger partial charge on any atom is -0.275 e. The molecule has 74 valence electrons. The Morgan fingerprint density at radius 1 is 1.64 bits per heavy atom. The molecule has 0 aliphatic rings. The van der Waals surface area contributed by atoms with E-state index in [0.29, 0.717) is 0 Å². The summed E-state index contributed by atoms with van der Waals surface area (Å²) in [7, 11) is 1.86. The third-order valence-corrected chi connectivity index (χ3v) is 2.42. The number of aromatic nitrogens is 4. The Hall–Kier alpha value is -1.31. The molecule has 0 aromatic carbocycles. The summed E-state index contributed by atoms with van der Waals surface area (Å²) in [5.41, 5.74) is 4.47. The molecule has 6 nitrogen and oxygen atoms in total. The number of hydrogen-bond donors (Lipinski definition) is 2. The van der Waals surface area contributed by atoms with Gasteiger partial charge in [0.25, 0.3) is 0 Å². The zero-order valence-corrected chi connectivity index (χ0v) is 8.40. The molecule has 0 radical (unpaired) electrons. The van der Waals surface area contributed by atoms with Crippen LogP contribution >= 0.6 is 11.5 Å². The van der Waals surface area contributed by atoms with Crippen molar-refractivity contribution in [2.75, 3.05) is 0 Å². The molecule has 0 spiro atoms. The Balaban J connectivity index is 2.31. The summed E-state index contributed by atoms with van der Waals surface area (Å²) in [5.74, 6) is 5.46. The molecular formula is C7H10N6S. The van der Waals surface area contributed by atoms with Crippen molar-refractivity contribution in [3.63, 3.8) is 0 Å². The predicted molar refractivity (Wildman–Crippen MR) is 52.3 cm³/mol. The molecule has 0 fully saturated rings. The van der Waals surface area contributed by atoms with Gasteiger partial charge in [0.05, 0.1) is 17.9 Å². The highest BCUT2D eigenvalue weighted by atomic mass is 32.1. The van der Waals surface area contributed by atoms with Gasteiger partial charge in [-0.1, -0.05) is 4.49 Å². The van der Waals surface area contributed by atoms with Crippen LogP contribution in [-0.4, -0.2) is 19.4 Å². The van der Waals surface area contributed by atoms with Crippen molar-refractivity contribution in [1.29, 1.82) is 0 Å². The van der Waals surface area contributed by atoms with Crippen LogP contribution in [0.15, 0.2) is 17.8 Å². The van der Waals surface area contributed by atoms with Crippen molar-refractivity contribution in [3.8, 4) is 0 Å². The normalized spacial score (nSPS) is 13.0. The van der Waals surface area contributed by atoms with Gasteiger partial charge in [0.1, 0.15) is 0 Å². The monoisotopic (exact) mass is 210 g/mol. The first-order valence-electron chi connectivity index (χ1n) is 4.03. The van der Waals surface area contributed by atoms with E-state index in [2.05, 4.69) is 20.1 Å². The topological polar surface area (TPSA) is 81.7 Å². The molecule has 2 aromatic rings. The molecule has 0 amide bonds. The summed E-state index contributed by atoms with van der Waals surface area (Å²) < 4.78 is 5.51. The summed E-state index contributed by atoms with van der Waals surface area (Å²) in [5, 5.41) is 9.89. The number of nitrogens with two attached hydrogens (primary N) is 1. The quantitative estimate of drug-likeness (QED) is 0.542. The first-order chi connectivity index (χ1) is 6.81. The smallest absolute Gasteiger partial charge is 0.0984 e. The maximum absolute atomic E-state index is 5.46. The second kappa shape index (κ2) is 3.82. The van der Waals surface area contributed by atoms with Crippen LogP contribution < -0.4 is 11.3 Å². The fourth-order valence-corrected chi connectivity index (χ4v) is 1.72. The standard InChI is InChI=1S/C7H10N6S/c1-13-3-5(2-9-13)7(10-8)6-4-14-12-11-6/h2-4,7,10H,8H2,1H3. The van der Waals surface area contributed by atoms with Gasteiger partial charge in [0.2, 0.25) is 0 Å². The molecule has 0 aliphatic heterocycles.